The number of aryl methyl sites for hydroxylation is 1. The van der Waals surface area contributed by atoms with E-state index < -0.39 is 0 Å². The van der Waals surface area contributed by atoms with Crippen LogP contribution in [0.15, 0.2) is 6.07 Å². The van der Waals surface area contributed by atoms with Crippen LogP contribution in [-0.2, 0) is 9.47 Å². The van der Waals surface area contributed by atoms with Crippen LogP contribution in [0.25, 0.3) is 0 Å². The highest BCUT2D eigenvalue weighted by atomic mass is 16.5. The van der Waals surface area contributed by atoms with Crippen molar-refractivity contribution in [2.75, 3.05) is 39.3 Å². The number of ether oxygens (including phenoxy) is 3. The zero-order chi connectivity index (χ0) is 14.1. The minimum absolute atomic E-state index is 0.0332. The molecule has 6 heteroatoms. The van der Waals surface area contributed by atoms with Crippen molar-refractivity contribution < 1.29 is 14.2 Å². The van der Waals surface area contributed by atoms with Gasteiger partial charge < -0.3 is 19.5 Å². The van der Waals surface area contributed by atoms with E-state index >= 15 is 0 Å². The first-order valence-electron chi connectivity index (χ1n) is 6.43. The lowest BCUT2D eigenvalue weighted by Crippen LogP contribution is -2.27. The molecule has 1 rings (SSSR count). The molecule has 1 unspecified atom stereocenters. The highest BCUT2D eigenvalue weighted by Gasteiger charge is 2.08. The van der Waals surface area contributed by atoms with Crippen LogP contribution in [0.1, 0.15) is 19.0 Å². The number of rotatable bonds is 9. The van der Waals surface area contributed by atoms with E-state index in [4.69, 9.17) is 14.2 Å². The first-order valence-corrected chi connectivity index (χ1v) is 6.43. The molecule has 1 N–H and O–H groups in total. The van der Waals surface area contributed by atoms with Crippen LogP contribution in [0.3, 0.4) is 0 Å². The first-order chi connectivity index (χ1) is 9.19. The maximum Gasteiger partial charge on any atom is 0.226 e. The van der Waals surface area contributed by atoms with Gasteiger partial charge in [-0.2, -0.15) is 4.98 Å². The third kappa shape index (κ3) is 5.85. The second kappa shape index (κ2) is 8.66. The number of aromatic nitrogens is 2. The van der Waals surface area contributed by atoms with Gasteiger partial charge in [-0.3, -0.25) is 0 Å². The fourth-order valence-electron chi connectivity index (χ4n) is 1.50. The van der Waals surface area contributed by atoms with Crippen LogP contribution < -0.4 is 10.1 Å². The van der Waals surface area contributed by atoms with Crippen LogP contribution in [0.4, 0.5) is 5.95 Å². The zero-order valence-electron chi connectivity index (χ0n) is 12.1. The molecule has 1 atom stereocenters. The quantitative estimate of drug-likeness (QED) is 0.735. The molecule has 0 aliphatic rings. The third-order valence-corrected chi connectivity index (χ3v) is 2.46. The Hall–Kier alpha value is -1.40. The number of methoxy groups -OCH3 is 2. The van der Waals surface area contributed by atoms with Gasteiger partial charge in [-0.1, -0.05) is 6.92 Å². The first kappa shape index (κ1) is 15.7. The van der Waals surface area contributed by atoms with Gasteiger partial charge in [0.15, 0.2) is 0 Å². The van der Waals surface area contributed by atoms with Gasteiger partial charge in [0.2, 0.25) is 11.8 Å². The zero-order valence-corrected chi connectivity index (χ0v) is 12.1. The summed E-state index contributed by atoms with van der Waals surface area (Å²) in [7, 11) is 3.30. The largest absolute Gasteiger partial charge is 0.478 e. The van der Waals surface area contributed by atoms with Crippen molar-refractivity contribution in [3.63, 3.8) is 0 Å². The summed E-state index contributed by atoms with van der Waals surface area (Å²) in [5.74, 6) is 1.14. The van der Waals surface area contributed by atoms with Gasteiger partial charge in [0.05, 0.1) is 19.3 Å². The van der Waals surface area contributed by atoms with Gasteiger partial charge in [-0.15, -0.1) is 0 Å². The van der Waals surface area contributed by atoms with Crippen LogP contribution in [-0.4, -0.2) is 50.1 Å². The monoisotopic (exact) mass is 269 g/mol. The molecular weight excluding hydrogens is 246 g/mol. The lowest BCUT2D eigenvalue weighted by Gasteiger charge is -2.15. The molecule has 0 aliphatic carbocycles. The smallest absolute Gasteiger partial charge is 0.226 e. The molecule has 0 saturated heterocycles. The number of nitrogens with one attached hydrogen (secondary N) is 1. The number of hydrogen-bond donors (Lipinski definition) is 1. The molecule has 0 fully saturated rings. The average Bonchev–Trinajstić information content (AvgIpc) is 2.40. The molecule has 0 saturated carbocycles. The highest BCUT2D eigenvalue weighted by molar-refractivity contribution is 5.30. The topological polar surface area (TPSA) is 65.5 Å². The summed E-state index contributed by atoms with van der Waals surface area (Å²) < 4.78 is 15.8. The summed E-state index contributed by atoms with van der Waals surface area (Å²) >= 11 is 0. The van der Waals surface area contributed by atoms with Crippen LogP contribution in [0, 0.1) is 6.92 Å². The Morgan fingerprint density at radius 3 is 2.74 bits per heavy atom. The lowest BCUT2D eigenvalue weighted by atomic mass is 10.4. The predicted molar refractivity (Wildman–Crippen MR) is 73.7 cm³/mol. The maximum atomic E-state index is 5.51. The van der Waals surface area contributed by atoms with E-state index in [0.29, 0.717) is 31.6 Å². The summed E-state index contributed by atoms with van der Waals surface area (Å²) in [6.45, 7) is 5.73. The Morgan fingerprint density at radius 2 is 2.11 bits per heavy atom. The normalized spacial score (nSPS) is 12.2. The highest BCUT2D eigenvalue weighted by Crippen LogP contribution is 2.12. The maximum absolute atomic E-state index is 5.51. The SMILES string of the molecule is CCCOc1cc(C)nc(NCC(COC)OC)n1. The molecule has 108 valence electrons. The molecule has 19 heavy (non-hydrogen) atoms. The second-order valence-electron chi connectivity index (χ2n) is 4.21. The molecule has 0 aromatic carbocycles. The van der Waals surface area contributed by atoms with E-state index in [1.165, 1.54) is 0 Å². The molecule has 1 heterocycles. The van der Waals surface area contributed by atoms with E-state index in [2.05, 4.69) is 22.2 Å². The number of anilines is 1. The van der Waals surface area contributed by atoms with E-state index in [1.54, 1.807) is 14.2 Å². The number of nitrogens with zero attached hydrogens (tertiary/aromatic N) is 2. The van der Waals surface area contributed by atoms with Crippen molar-refractivity contribution in [1.29, 1.82) is 0 Å². The predicted octanol–water partition coefficient (Wildman–Crippen LogP) is 1.65. The molecule has 1 aromatic heterocycles. The van der Waals surface area contributed by atoms with Gasteiger partial charge in [0.1, 0.15) is 0 Å². The van der Waals surface area contributed by atoms with E-state index in [-0.39, 0.29) is 6.10 Å². The summed E-state index contributed by atoms with van der Waals surface area (Å²) in [5, 5.41) is 3.13. The molecule has 1 aromatic rings. The molecule has 0 spiro atoms. The molecule has 0 bridgehead atoms. The molecular formula is C13H23N3O3. The van der Waals surface area contributed by atoms with Gasteiger partial charge in [-0.25, -0.2) is 4.98 Å². The summed E-state index contributed by atoms with van der Waals surface area (Å²) in [4.78, 5) is 8.61. The second-order valence-corrected chi connectivity index (χ2v) is 4.21. The summed E-state index contributed by atoms with van der Waals surface area (Å²) in [6, 6.07) is 1.82. The van der Waals surface area contributed by atoms with Crippen molar-refractivity contribution in [2.24, 2.45) is 0 Å². The molecule has 0 aliphatic heterocycles. The van der Waals surface area contributed by atoms with Gasteiger partial charge in [0, 0.05) is 32.5 Å². The fraction of sp³-hybridized carbons (Fsp3) is 0.692. The minimum Gasteiger partial charge on any atom is -0.478 e. The van der Waals surface area contributed by atoms with Crippen molar-refractivity contribution in [1.82, 2.24) is 9.97 Å². The van der Waals surface area contributed by atoms with Gasteiger partial charge in [0.25, 0.3) is 0 Å². The van der Waals surface area contributed by atoms with E-state index in [9.17, 15) is 0 Å². The van der Waals surface area contributed by atoms with E-state index in [0.717, 1.165) is 12.1 Å². The van der Waals surface area contributed by atoms with Crippen LogP contribution >= 0.6 is 0 Å². The van der Waals surface area contributed by atoms with Crippen LogP contribution in [0.2, 0.25) is 0 Å². The number of hydrogen-bond acceptors (Lipinski definition) is 6. The van der Waals surface area contributed by atoms with Crippen molar-refractivity contribution in [3.8, 4) is 5.88 Å². The van der Waals surface area contributed by atoms with Crippen molar-refractivity contribution in [2.45, 2.75) is 26.4 Å². The Labute approximate surface area is 114 Å². The molecule has 6 nitrogen and oxygen atoms in total. The Morgan fingerprint density at radius 1 is 1.32 bits per heavy atom. The fourth-order valence-corrected chi connectivity index (χ4v) is 1.50. The Kier molecular flexibility index (Phi) is 7.14. The van der Waals surface area contributed by atoms with Crippen molar-refractivity contribution in [3.05, 3.63) is 11.8 Å². The third-order valence-electron chi connectivity index (χ3n) is 2.46. The Balaban J connectivity index is 2.59. The minimum atomic E-state index is -0.0332. The standard InChI is InChI=1S/C13H23N3O3/c1-5-6-19-12-7-10(2)15-13(16-12)14-8-11(18-4)9-17-3/h7,11H,5-6,8-9H2,1-4H3,(H,14,15,16). The average molecular weight is 269 g/mol. The van der Waals surface area contributed by atoms with Gasteiger partial charge >= 0.3 is 0 Å². The summed E-state index contributed by atoms with van der Waals surface area (Å²) in [5.41, 5.74) is 0.865. The van der Waals surface area contributed by atoms with Crippen molar-refractivity contribution >= 4 is 5.95 Å². The molecule has 0 radical (unpaired) electrons. The lowest BCUT2D eigenvalue weighted by molar-refractivity contribution is 0.0364. The molecule has 0 amide bonds. The van der Waals surface area contributed by atoms with E-state index in [1.807, 2.05) is 13.0 Å². The Bertz CT molecular complexity index is 374. The van der Waals surface area contributed by atoms with Crippen LogP contribution in [0.5, 0.6) is 5.88 Å². The summed E-state index contributed by atoms with van der Waals surface area (Å²) in [6.07, 6.45) is 0.917. The van der Waals surface area contributed by atoms with Gasteiger partial charge in [-0.05, 0) is 13.3 Å².